The molecule has 0 aliphatic heterocycles. The third-order valence-electron chi connectivity index (χ3n) is 4.07. The van der Waals surface area contributed by atoms with Gasteiger partial charge in [-0.2, -0.15) is 0 Å². The van der Waals surface area contributed by atoms with Crippen LogP contribution in [0.2, 0.25) is 0 Å². The summed E-state index contributed by atoms with van der Waals surface area (Å²) in [6.07, 6.45) is 3.64. The Kier molecular flexibility index (Phi) is 3.82. The third kappa shape index (κ3) is 2.81. The first-order valence-electron chi connectivity index (χ1n) is 7.90. The van der Waals surface area contributed by atoms with Gasteiger partial charge in [0.05, 0.1) is 5.69 Å². The molecule has 0 saturated carbocycles. The van der Waals surface area contributed by atoms with Gasteiger partial charge in [0.15, 0.2) is 4.96 Å². The first-order valence-corrected chi connectivity index (χ1v) is 8.72. The molecule has 3 aromatic heterocycles. The number of rotatable bonds is 3. The number of hydrogen-bond acceptors (Lipinski definition) is 4. The maximum absolute atomic E-state index is 12.6. The molecule has 0 aliphatic carbocycles. The zero-order chi connectivity index (χ0) is 17.4. The number of aromatic nitrogens is 3. The molecule has 0 fully saturated rings. The highest BCUT2D eigenvalue weighted by Crippen LogP contribution is 2.27. The van der Waals surface area contributed by atoms with Crippen molar-refractivity contribution in [3.63, 3.8) is 0 Å². The summed E-state index contributed by atoms with van der Waals surface area (Å²) in [5.41, 5.74) is 3.78. The predicted molar refractivity (Wildman–Crippen MR) is 100 cm³/mol. The SMILES string of the molecule is Cc1cccnc1NC(=O)c1sc2nc(-c3ccccc3)cn2c1C. The highest BCUT2D eigenvalue weighted by atomic mass is 32.1. The minimum atomic E-state index is -0.156. The number of aryl methyl sites for hydroxylation is 2. The Balaban J connectivity index is 1.67. The summed E-state index contributed by atoms with van der Waals surface area (Å²) < 4.78 is 1.97. The van der Waals surface area contributed by atoms with Crippen molar-refractivity contribution in [3.8, 4) is 11.3 Å². The zero-order valence-electron chi connectivity index (χ0n) is 13.9. The average molecular weight is 348 g/mol. The van der Waals surface area contributed by atoms with Crippen LogP contribution in [0, 0.1) is 13.8 Å². The predicted octanol–water partition coefficient (Wildman–Crippen LogP) is 4.33. The largest absolute Gasteiger partial charge is 0.306 e. The van der Waals surface area contributed by atoms with Gasteiger partial charge in [0.25, 0.3) is 5.91 Å². The minimum absolute atomic E-state index is 0.156. The summed E-state index contributed by atoms with van der Waals surface area (Å²) in [6.45, 7) is 3.85. The van der Waals surface area contributed by atoms with Gasteiger partial charge in [0.1, 0.15) is 10.7 Å². The lowest BCUT2D eigenvalue weighted by molar-refractivity contribution is 0.102. The molecule has 0 aliphatic rings. The number of nitrogens with zero attached hydrogens (tertiary/aromatic N) is 3. The van der Waals surface area contributed by atoms with Crippen molar-refractivity contribution >= 4 is 28.0 Å². The van der Waals surface area contributed by atoms with Crippen molar-refractivity contribution in [2.45, 2.75) is 13.8 Å². The van der Waals surface area contributed by atoms with E-state index in [2.05, 4.69) is 15.3 Å². The molecule has 1 N–H and O–H groups in total. The van der Waals surface area contributed by atoms with Gasteiger partial charge in [0.2, 0.25) is 0 Å². The Morgan fingerprint density at radius 3 is 2.64 bits per heavy atom. The number of hydrogen-bond donors (Lipinski definition) is 1. The van der Waals surface area contributed by atoms with E-state index >= 15 is 0 Å². The van der Waals surface area contributed by atoms with Gasteiger partial charge in [-0.3, -0.25) is 9.20 Å². The minimum Gasteiger partial charge on any atom is -0.306 e. The molecule has 124 valence electrons. The number of amides is 1. The number of carbonyl (C=O) groups excluding carboxylic acids is 1. The summed E-state index contributed by atoms with van der Waals surface area (Å²) in [7, 11) is 0. The summed E-state index contributed by atoms with van der Waals surface area (Å²) >= 11 is 1.38. The monoisotopic (exact) mass is 348 g/mol. The maximum atomic E-state index is 12.6. The van der Waals surface area contributed by atoms with Crippen LogP contribution < -0.4 is 5.32 Å². The fourth-order valence-corrected chi connectivity index (χ4v) is 3.69. The second kappa shape index (κ2) is 6.14. The second-order valence-electron chi connectivity index (χ2n) is 5.78. The van der Waals surface area contributed by atoms with E-state index in [4.69, 9.17) is 0 Å². The van der Waals surface area contributed by atoms with Crippen molar-refractivity contribution in [1.82, 2.24) is 14.4 Å². The van der Waals surface area contributed by atoms with Crippen LogP contribution in [0.3, 0.4) is 0 Å². The Hall–Kier alpha value is -2.99. The van der Waals surface area contributed by atoms with Gasteiger partial charge in [-0.1, -0.05) is 47.7 Å². The standard InChI is InChI=1S/C19H16N4OS/c1-12-7-6-10-20-17(12)22-18(24)16-13(2)23-11-15(21-19(23)25-16)14-8-4-3-5-9-14/h3-11H,1-2H3,(H,20,22,24). The highest BCUT2D eigenvalue weighted by molar-refractivity contribution is 7.19. The molecule has 1 aromatic carbocycles. The van der Waals surface area contributed by atoms with Crippen LogP contribution in [0.15, 0.2) is 54.9 Å². The lowest BCUT2D eigenvalue weighted by Gasteiger charge is -2.06. The average Bonchev–Trinajstić information content (AvgIpc) is 3.17. The van der Waals surface area contributed by atoms with Gasteiger partial charge in [-0.05, 0) is 25.5 Å². The second-order valence-corrected chi connectivity index (χ2v) is 6.76. The molecule has 1 amide bonds. The molecular weight excluding hydrogens is 332 g/mol. The maximum Gasteiger partial charge on any atom is 0.268 e. The first kappa shape index (κ1) is 15.5. The van der Waals surface area contributed by atoms with Gasteiger partial charge in [-0.15, -0.1) is 0 Å². The molecule has 5 nitrogen and oxygen atoms in total. The van der Waals surface area contributed by atoms with Crippen LogP contribution >= 0.6 is 11.3 Å². The van der Waals surface area contributed by atoms with E-state index in [1.807, 2.05) is 66.9 Å². The van der Waals surface area contributed by atoms with E-state index in [1.165, 1.54) is 11.3 Å². The van der Waals surface area contributed by atoms with Crippen molar-refractivity contribution in [2.75, 3.05) is 5.32 Å². The van der Waals surface area contributed by atoms with Crippen molar-refractivity contribution in [2.24, 2.45) is 0 Å². The van der Waals surface area contributed by atoms with E-state index in [1.54, 1.807) is 6.20 Å². The Morgan fingerprint density at radius 1 is 1.12 bits per heavy atom. The number of anilines is 1. The van der Waals surface area contributed by atoms with Gasteiger partial charge in [-0.25, -0.2) is 9.97 Å². The number of benzene rings is 1. The molecule has 6 heteroatoms. The Labute approximate surface area is 149 Å². The smallest absolute Gasteiger partial charge is 0.268 e. The van der Waals surface area contributed by atoms with Gasteiger partial charge < -0.3 is 5.32 Å². The number of fused-ring (bicyclic) bond motifs is 1. The van der Waals surface area contributed by atoms with E-state index in [0.717, 1.165) is 27.5 Å². The van der Waals surface area contributed by atoms with Crippen LogP contribution in [0.4, 0.5) is 5.82 Å². The van der Waals surface area contributed by atoms with E-state index in [0.29, 0.717) is 10.7 Å². The fraction of sp³-hybridized carbons (Fsp3) is 0.105. The quantitative estimate of drug-likeness (QED) is 0.599. The van der Waals surface area contributed by atoms with Crippen LogP contribution in [0.1, 0.15) is 20.9 Å². The summed E-state index contributed by atoms with van der Waals surface area (Å²) in [5.74, 6) is 0.430. The topological polar surface area (TPSA) is 59.3 Å². The van der Waals surface area contributed by atoms with E-state index in [-0.39, 0.29) is 5.91 Å². The lowest BCUT2D eigenvalue weighted by Crippen LogP contribution is -2.13. The van der Waals surface area contributed by atoms with Crippen LogP contribution in [0.5, 0.6) is 0 Å². The van der Waals surface area contributed by atoms with Crippen molar-refractivity contribution in [1.29, 1.82) is 0 Å². The number of pyridine rings is 1. The van der Waals surface area contributed by atoms with Crippen LogP contribution in [-0.2, 0) is 0 Å². The molecule has 4 aromatic rings. The molecule has 0 bridgehead atoms. The first-order chi connectivity index (χ1) is 12.1. The molecule has 4 rings (SSSR count). The number of nitrogens with one attached hydrogen (secondary N) is 1. The summed E-state index contributed by atoms with van der Waals surface area (Å²) in [4.78, 5) is 23.0. The number of imidazole rings is 1. The van der Waals surface area contributed by atoms with Crippen molar-refractivity contribution < 1.29 is 4.79 Å². The van der Waals surface area contributed by atoms with Crippen LogP contribution in [-0.4, -0.2) is 20.3 Å². The molecule has 3 heterocycles. The number of thiazole rings is 1. The third-order valence-corrected chi connectivity index (χ3v) is 5.23. The molecule has 0 radical (unpaired) electrons. The highest BCUT2D eigenvalue weighted by Gasteiger charge is 2.19. The van der Waals surface area contributed by atoms with Crippen LogP contribution in [0.25, 0.3) is 16.2 Å². The molecule has 0 unspecified atom stereocenters. The lowest BCUT2D eigenvalue weighted by atomic mass is 10.2. The molecule has 0 spiro atoms. The molecule has 25 heavy (non-hydrogen) atoms. The normalized spacial score (nSPS) is 11.0. The molecule has 0 atom stereocenters. The van der Waals surface area contributed by atoms with E-state index < -0.39 is 0 Å². The van der Waals surface area contributed by atoms with Gasteiger partial charge in [0, 0.05) is 23.7 Å². The van der Waals surface area contributed by atoms with E-state index in [9.17, 15) is 4.79 Å². The Bertz CT molecular complexity index is 1070. The molecular formula is C19H16N4OS. The number of carbonyl (C=O) groups is 1. The summed E-state index contributed by atoms with van der Waals surface area (Å²) in [6, 6.07) is 13.8. The molecule has 0 saturated heterocycles. The van der Waals surface area contributed by atoms with Crippen molar-refractivity contribution in [3.05, 3.63) is 71.0 Å². The summed E-state index contributed by atoms with van der Waals surface area (Å²) in [5, 5.41) is 2.88. The van der Waals surface area contributed by atoms with Gasteiger partial charge >= 0.3 is 0 Å². The fourth-order valence-electron chi connectivity index (χ4n) is 2.69. The zero-order valence-corrected chi connectivity index (χ0v) is 14.7. The Morgan fingerprint density at radius 2 is 1.92 bits per heavy atom.